The number of likely N-dealkylation sites (tertiary alicyclic amines) is 3. The van der Waals surface area contributed by atoms with E-state index in [2.05, 4.69) is 22.0 Å². The van der Waals surface area contributed by atoms with Crippen molar-refractivity contribution in [2.24, 2.45) is 11.8 Å². The molecule has 6 nitrogen and oxygen atoms in total. The smallest absolute Gasteiger partial charge is 0.230 e. The van der Waals surface area contributed by atoms with Gasteiger partial charge in [0, 0.05) is 25.2 Å². The first kappa shape index (κ1) is 19.3. The summed E-state index contributed by atoms with van der Waals surface area (Å²) < 4.78 is 6.37. The van der Waals surface area contributed by atoms with E-state index in [1.807, 2.05) is 4.90 Å². The van der Waals surface area contributed by atoms with Gasteiger partial charge < -0.3 is 14.5 Å². The summed E-state index contributed by atoms with van der Waals surface area (Å²) in [5, 5.41) is 0. The molecule has 1 aliphatic carbocycles. The summed E-state index contributed by atoms with van der Waals surface area (Å²) in [5.74, 6) is -0.293. The van der Waals surface area contributed by atoms with E-state index in [0.717, 1.165) is 25.9 Å². The summed E-state index contributed by atoms with van der Waals surface area (Å²) in [5.41, 5.74) is -0.550. The van der Waals surface area contributed by atoms with Crippen molar-refractivity contribution in [2.45, 2.75) is 81.6 Å². The van der Waals surface area contributed by atoms with Crippen molar-refractivity contribution in [3.63, 3.8) is 0 Å². The standard InChI is InChI=1S/C24H35N3O3/c28-22(26-14-18(15-26)25-12-6-3-7-13-25)20-19-10-11-24(30-19)16-27(23(29)21(20)24)17-8-4-1-2-5-9-17/h10-11,17-21H,1-9,12-16H2/t19-,20+,21-,24-/m0/s1. The maximum atomic E-state index is 13.6. The molecule has 1 saturated carbocycles. The van der Waals surface area contributed by atoms with Crippen LogP contribution in [0.3, 0.4) is 0 Å². The first-order valence-corrected chi connectivity index (χ1v) is 12.4. The molecule has 0 N–H and O–H groups in total. The number of hydrogen-bond donors (Lipinski definition) is 0. The third-order valence-electron chi connectivity index (χ3n) is 8.76. The third-order valence-corrected chi connectivity index (χ3v) is 8.76. The Balaban J connectivity index is 1.16. The summed E-state index contributed by atoms with van der Waals surface area (Å²) in [4.78, 5) is 33.7. The van der Waals surface area contributed by atoms with Gasteiger partial charge in [0.05, 0.1) is 24.5 Å². The fourth-order valence-corrected chi connectivity index (χ4v) is 7.05. The average Bonchev–Trinajstić information content (AvgIpc) is 3.27. The van der Waals surface area contributed by atoms with Crippen molar-refractivity contribution in [1.29, 1.82) is 0 Å². The molecule has 164 valence electrons. The van der Waals surface area contributed by atoms with E-state index < -0.39 is 5.60 Å². The Bertz CT molecular complexity index is 734. The highest BCUT2D eigenvalue weighted by Gasteiger charge is 2.68. The number of carbonyl (C=O) groups excluding carboxylic acids is 2. The SMILES string of the molecule is O=C([C@@H]1[C@@H]2C=C[C@@]3(CN(C4CCCCCC4)C(=O)[C@H]13)O2)N1CC(N2CCCCC2)C1. The molecule has 6 heteroatoms. The number of rotatable bonds is 3. The molecule has 2 amide bonds. The molecule has 0 aromatic carbocycles. The van der Waals surface area contributed by atoms with E-state index in [-0.39, 0.29) is 29.8 Å². The minimum absolute atomic E-state index is 0.153. The highest BCUT2D eigenvalue weighted by atomic mass is 16.5. The molecule has 1 spiro atoms. The zero-order valence-electron chi connectivity index (χ0n) is 18.0. The molecule has 2 bridgehead atoms. The molecule has 0 aromatic rings. The molecular formula is C24H35N3O3. The van der Waals surface area contributed by atoms with Crippen molar-refractivity contribution < 1.29 is 14.3 Å². The van der Waals surface area contributed by atoms with Gasteiger partial charge in [-0.3, -0.25) is 14.5 Å². The number of nitrogens with zero attached hydrogens (tertiary/aromatic N) is 3. The molecule has 0 unspecified atom stereocenters. The Morgan fingerprint density at radius 2 is 1.67 bits per heavy atom. The third kappa shape index (κ3) is 2.89. The summed E-state index contributed by atoms with van der Waals surface area (Å²) in [6.45, 7) is 4.64. The predicted octanol–water partition coefficient (Wildman–Crippen LogP) is 2.19. The number of carbonyl (C=O) groups is 2. The lowest BCUT2D eigenvalue weighted by Gasteiger charge is -2.48. The topological polar surface area (TPSA) is 53.1 Å². The van der Waals surface area contributed by atoms with E-state index in [1.54, 1.807) is 0 Å². The Morgan fingerprint density at radius 1 is 0.967 bits per heavy atom. The second-order valence-electron chi connectivity index (χ2n) is 10.5. The summed E-state index contributed by atoms with van der Waals surface area (Å²) in [6.07, 6.45) is 15.0. The van der Waals surface area contributed by atoms with Crippen molar-refractivity contribution in [2.75, 3.05) is 32.7 Å². The van der Waals surface area contributed by atoms with E-state index in [9.17, 15) is 9.59 Å². The molecule has 6 rings (SSSR count). The largest absolute Gasteiger partial charge is 0.360 e. The Morgan fingerprint density at radius 3 is 2.40 bits per heavy atom. The molecule has 5 heterocycles. The van der Waals surface area contributed by atoms with Crippen LogP contribution in [0, 0.1) is 11.8 Å². The average molecular weight is 414 g/mol. The van der Waals surface area contributed by atoms with E-state index in [4.69, 9.17) is 4.74 Å². The Labute approximate surface area is 179 Å². The second-order valence-corrected chi connectivity index (χ2v) is 10.5. The lowest BCUT2D eigenvalue weighted by molar-refractivity contribution is -0.149. The molecule has 30 heavy (non-hydrogen) atoms. The first-order chi connectivity index (χ1) is 14.7. The van der Waals surface area contributed by atoms with Crippen LogP contribution in [0.4, 0.5) is 0 Å². The zero-order chi connectivity index (χ0) is 20.3. The van der Waals surface area contributed by atoms with Crippen molar-refractivity contribution in [1.82, 2.24) is 14.7 Å². The van der Waals surface area contributed by atoms with Crippen LogP contribution in [0.5, 0.6) is 0 Å². The van der Waals surface area contributed by atoms with Crippen LogP contribution in [0.25, 0.3) is 0 Å². The van der Waals surface area contributed by atoms with Crippen LogP contribution in [0.1, 0.15) is 57.8 Å². The zero-order valence-corrected chi connectivity index (χ0v) is 18.0. The van der Waals surface area contributed by atoms with Gasteiger partial charge in [0.15, 0.2) is 0 Å². The van der Waals surface area contributed by atoms with Gasteiger partial charge in [-0.1, -0.05) is 44.3 Å². The molecule has 0 radical (unpaired) electrons. The van der Waals surface area contributed by atoms with Gasteiger partial charge in [-0.15, -0.1) is 0 Å². The normalized spacial score (nSPS) is 40.0. The number of amides is 2. The predicted molar refractivity (Wildman–Crippen MR) is 113 cm³/mol. The highest BCUT2D eigenvalue weighted by Crippen LogP contribution is 2.53. The number of ether oxygens (including phenoxy) is 1. The van der Waals surface area contributed by atoms with Crippen molar-refractivity contribution in [3.05, 3.63) is 12.2 Å². The van der Waals surface area contributed by atoms with Crippen molar-refractivity contribution >= 4 is 11.8 Å². The lowest BCUT2D eigenvalue weighted by Crippen LogP contribution is -2.63. The highest BCUT2D eigenvalue weighted by molar-refractivity contribution is 5.93. The number of hydrogen-bond acceptors (Lipinski definition) is 4. The maximum absolute atomic E-state index is 13.6. The van der Waals surface area contributed by atoms with Crippen LogP contribution in [-0.4, -0.2) is 83.0 Å². The summed E-state index contributed by atoms with van der Waals surface area (Å²) in [6, 6.07) is 0.847. The fraction of sp³-hybridized carbons (Fsp3) is 0.833. The van der Waals surface area contributed by atoms with Crippen molar-refractivity contribution in [3.8, 4) is 0 Å². The van der Waals surface area contributed by atoms with Gasteiger partial charge in [-0.2, -0.15) is 0 Å². The lowest BCUT2D eigenvalue weighted by atomic mass is 9.76. The first-order valence-electron chi connectivity index (χ1n) is 12.4. The molecule has 4 saturated heterocycles. The Hall–Kier alpha value is -1.40. The van der Waals surface area contributed by atoms with Crippen LogP contribution in [-0.2, 0) is 14.3 Å². The minimum Gasteiger partial charge on any atom is -0.360 e. The summed E-state index contributed by atoms with van der Waals surface area (Å²) in [7, 11) is 0. The van der Waals surface area contributed by atoms with Gasteiger partial charge in [0.2, 0.25) is 11.8 Å². The summed E-state index contributed by atoms with van der Waals surface area (Å²) >= 11 is 0. The monoisotopic (exact) mass is 413 g/mol. The minimum atomic E-state index is -0.550. The van der Waals surface area contributed by atoms with Crippen LogP contribution in [0.15, 0.2) is 12.2 Å². The van der Waals surface area contributed by atoms with Gasteiger partial charge in [-0.05, 0) is 38.8 Å². The van der Waals surface area contributed by atoms with Crippen LogP contribution >= 0.6 is 0 Å². The quantitative estimate of drug-likeness (QED) is 0.526. The van der Waals surface area contributed by atoms with Gasteiger partial charge in [-0.25, -0.2) is 0 Å². The molecule has 5 aliphatic heterocycles. The van der Waals surface area contributed by atoms with Gasteiger partial charge in [0.1, 0.15) is 5.60 Å². The molecular weight excluding hydrogens is 378 g/mol. The van der Waals surface area contributed by atoms with Crippen LogP contribution in [0.2, 0.25) is 0 Å². The fourth-order valence-electron chi connectivity index (χ4n) is 7.05. The van der Waals surface area contributed by atoms with E-state index >= 15 is 0 Å². The van der Waals surface area contributed by atoms with E-state index in [1.165, 1.54) is 58.0 Å². The molecule has 6 aliphatic rings. The number of piperidine rings is 1. The maximum Gasteiger partial charge on any atom is 0.230 e. The Kier molecular flexibility index (Phi) is 4.72. The van der Waals surface area contributed by atoms with Gasteiger partial charge >= 0.3 is 0 Å². The second kappa shape index (κ2) is 7.33. The molecule has 0 aromatic heterocycles. The molecule has 5 fully saturated rings. The van der Waals surface area contributed by atoms with Crippen LogP contribution < -0.4 is 0 Å². The number of fused-ring (bicyclic) bond motifs is 1. The van der Waals surface area contributed by atoms with E-state index in [0.29, 0.717) is 18.6 Å². The van der Waals surface area contributed by atoms with Gasteiger partial charge in [0.25, 0.3) is 0 Å². The molecule has 4 atom stereocenters.